The highest BCUT2D eigenvalue weighted by molar-refractivity contribution is 5.32. The fourth-order valence-corrected chi connectivity index (χ4v) is 1.96. The summed E-state index contributed by atoms with van der Waals surface area (Å²) in [5.41, 5.74) is 7.25. The molecule has 0 saturated heterocycles. The number of hydrogen-bond acceptors (Lipinski definition) is 2. The summed E-state index contributed by atoms with van der Waals surface area (Å²) in [6, 6.07) is 8.40. The van der Waals surface area contributed by atoms with E-state index in [9.17, 15) is 0 Å². The molecule has 2 atom stereocenters. The molecular weight excluding hydrogens is 186 g/mol. The van der Waals surface area contributed by atoms with E-state index >= 15 is 0 Å². The molecule has 1 aromatic carbocycles. The zero-order valence-electron chi connectivity index (χ0n) is 9.66. The minimum Gasteiger partial charge on any atom is -0.489 e. The molecule has 2 rings (SSSR count). The summed E-state index contributed by atoms with van der Waals surface area (Å²) in [6.07, 6.45) is 1.22. The standard InChI is InChI=1S/C13H19NO/c1-9-6-4-5-7-10(9)15-12-8-11(14)13(12,2)3/h4-7,11-12H,8,14H2,1-3H3. The SMILES string of the molecule is Cc1ccccc1OC1CC(N)C1(C)C. The third-order valence-electron chi connectivity index (χ3n) is 3.62. The average molecular weight is 205 g/mol. The largest absolute Gasteiger partial charge is 0.489 e. The van der Waals surface area contributed by atoms with Gasteiger partial charge in [0.05, 0.1) is 0 Å². The van der Waals surface area contributed by atoms with Crippen LogP contribution in [0.2, 0.25) is 0 Å². The van der Waals surface area contributed by atoms with Crippen LogP contribution < -0.4 is 10.5 Å². The van der Waals surface area contributed by atoms with Gasteiger partial charge in [0.2, 0.25) is 0 Å². The summed E-state index contributed by atoms with van der Waals surface area (Å²) < 4.78 is 5.99. The molecule has 2 nitrogen and oxygen atoms in total. The third kappa shape index (κ3) is 1.74. The normalized spacial score (nSPS) is 28.3. The second kappa shape index (κ2) is 3.53. The van der Waals surface area contributed by atoms with Gasteiger partial charge in [0.1, 0.15) is 11.9 Å². The van der Waals surface area contributed by atoms with Gasteiger partial charge in [-0.2, -0.15) is 0 Å². The topological polar surface area (TPSA) is 35.2 Å². The molecule has 1 aliphatic carbocycles. The van der Waals surface area contributed by atoms with E-state index in [-0.39, 0.29) is 17.6 Å². The van der Waals surface area contributed by atoms with Crippen LogP contribution in [0, 0.1) is 12.3 Å². The van der Waals surface area contributed by atoms with Gasteiger partial charge in [-0.05, 0) is 18.6 Å². The van der Waals surface area contributed by atoms with Crippen molar-refractivity contribution in [1.29, 1.82) is 0 Å². The van der Waals surface area contributed by atoms with Gasteiger partial charge in [-0.3, -0.25) is 0 Å². The van der Waals surface area contributed by atoms with Crippen LogP contribution in [-0.2, 0) is 0 Å². The van der Waals surface area contributed by atoms with Gasteiger partial charge < -0.3 is 10.5 Å². The minimum absolute atomic E-state index is 0.0995. The lowest BCUT2D eigenvalue weighted by atomic mass is 9.65. The molecule has 1 aromatic rings. The number of rotatable bonds is 2. The average Bonchev–Trinajstić information content (AvgIpc) is 2.20. The number of hydrogen-bond donors (Lipinski definition) is 1. The Bertz CT molecular complexity index is 359. The van der Waals surface area contributed by atoms with Gasteiger partial charge in [-0.15, -0.1) is 0 Å². The molecule has 0 amide bonds. The minimum atomic E-state index is 0.0995. The molecule has 1 saturated carbocycles. The van der Waals surface area contributed by atoms with Gasteiger partial charge in [0.25, 0.3) is 0 Å². The first kappa shape index (κ1) is 10.5. The fraction of sp³-hybridized carbons (Fsp3) is 0.538. The van der Waals surface area contributed by atoms with Crippen molar-refractivity contribution in [3.8, 4) is 5.75 Å². The van der Waals surface area contributed by atoms with E-state index in [1.54, 1.807) is 0 Å². The van der Waals surface area contributed by atoms with Crippen molar-refractivity contribution >= 4 is 0 Å². The second-order valence-corrected chi connectivity index (χ2v) is 5.04. The van der Waals surface area contributed by atoms with E-state index < -0.39 is 0 Å². The lowest BCUT2D eigenvalue weighted by Gasteiger charge is -2.49. The Morgan fingerprint density at radius 1 is 1.33 bits per heavy atom. The molecule has 0 radical (unpaired) electrons. The van der Waals surface area contributed by atoms with Gasteiger partial charge in [0, 0.05) is 17.9 Å². The monoisotopic (exact) mass is 205 g/mol. The maximum absolute atomic E-state index is 5.99. The first-order chi connectivity index (χ1) is 7.01. The van der Waals surface area contributed by atoms with Crippen LogP contribution in [0.4, 0.5) is 0 Å². The zero-order valence-corrected chi connectivity index (χ0v) is 9.66. The summed E-state index contributed by atoms with van der Waals surface area (Å²) in [4.78, 5) is 0. The molecule has 82 valence electrons. The highest BCUT2D eigenvalue weighted by atomic mass is 16.5. The molecule has 0 aliphatic heterocycles. The summed E-state index contributed by atoms with van der Waals surface area (Å²) >= 11 is 0. The number of aryl methyl sites for hydroxylation is 1. The van der Waals surface area contributed by atoms with Gasteiger partial charge in [-0.25, -0.2) is 0 Å². The Balaban J connectivity index is 2.08. The van der Waals surface area contributed by atoms with Crippen molar-refractivity contribution < 1.29 is 4.74 Å². The first-order valence-corrected chi connectivity index (χ1v) is 5.49. The first-order valence-electron chi connectivity index (χ1n) is 5.49. The zero-order chi connectivity index (χ0) is 11.1. The van der Waals surface area contributed by atoms with Crippen molar-refractivity contribution in [3.05, 3.63) is 29.8 Å². The van der Waals surface area contributed by atoms with Gasteiger partial charge >= 0.3 is 0 Å². The lowest BCUT2D eigenvalue weighted by Crippen LogP contribution is -2.60. The van der Waals surface area contributed by atoms with E-state index in [2.05, 4.69) is 26.8 Å². The Morgan fingerprint density at radius 3 is 2.53 bits per heavy atom. The third-order valence-corrected chi connectivity index (χ3v) is 3.62. The summed E-state index contributed by atoms with van der Waals surface area (Å²) in [6.45, 7) is 6.41. The molecule has 15 heavy (non-hydrogen) atoms. The molecule has 0 heterocycles. The maximum Gasteiger partial charge on any atom is 0.122 e. The molecular formula is C13H19NO. The molecule has 2 unspecified atom stereocenters. The smallest absolute Gasteiger partial charge is 0.122 e. The van der Waals surface area contributed by atoms with Crippen molar-refractivity contribution in [3.63, 3.8) is 0 Å². The molecule has 2 N–H and O–H groups in total. The van der Waals surface area contributed by atoms with Gasteiger partial charge in [-0.1, -0.05) is 32.0 Å². The summed E-state index contributed by atoms with van der Waals surface area (Å²) in [7, 11) is 0. The Hall–Kier alpha value is -1.02. The quantitative estimate of drug-likeness (QED) is 0.805. The predicted molar refractivity (Wildman–Crippen MR) is 62.0 cm³/mol. The van der Waals surface area contributed by atoms with E-state index in [1.807, 2.05) is 18.2 Å². The Morgan fingerprint density at radius 2 is 2.00 bits per heavy atom. The number of ether oxygens (including phenoxy) is 1. The summed E-state index contributed by atoms with van der Waals surface area (Å²) in [5.74, 6) is 0.988. The lowest BCUT2D eigenvalue weighted by molar-refractivity contribution is -0.0403. The molecule has 1 fully saturated rings. The van der Waals surface area contributed by atoms with Gasteiger partial charge in [0.15, 0.2) is 0 Å². The van der Waals surface area contributed by atoms with Crippen LogP contribution in [0.3, 0.4) is 0 Å². The van der Waals surface area contributed by atoms with Crippen molar-refractivity contribution in [2.45, 2.75) is 39.3 Å². The van der Waals surface area contributed by atoms with Crippen LogP contribution >= 0.6 is 0 Å². The molecule has 0 aromatic heterocycles. The number of benzene rings is 1. The van der Waals surface area contributed by atoms with Crippen LogP contribution in [-0.4, -0.2) is 12.1 Å². The summed E-state index contributed by atoms with van der Waals surface area (Å²) in [5, 5.41) is 0. The van der Waals surface area contributed by atoms with Crippen LogP contribution in [0.5, 0.6) is 5.75 Å². The van der Waals surface area contributed by atoms with Crippen LogP contribution in [0.25, 0.3) is 0 Å². The second-order valence-electron chi connectivity index (χ2n) is 5.04. The van der Waals surface area contributed by atoms with Crippen molar-refractivity contribution in [2.75, 3.05) is 0 Å². The maximum atomic E-state index is 5.99. The molecule has 0 bridgehead atoms. The highest BCUT2D eigenvalue weighted by Crippen LogP contribution is 2.42. The molecule has 1 aliphatic rings. The van der Waals surface area contributed by atoms with E-state index in [1.165, 1.54) is 5.56 Å². The van der Waals surface area contributed by atoms with Crippen molar-refractivity contribution in [2.24, 2.45) is 11.1 Å². The number of para-hydroxylation sites is 1. The highest BCUT2D eigenvalue weighted by Gasteiger charge is 2.47. The van der Waals surface area contributed by atoms with Crippen LogP contribution in [0.15, 0.2) is 24.3 Å². The van der Waals surface area contributed by atoms with Crippen molar-refractivity contribution in [1.82, 2.24) is 0 Å². The molecule has 2 heteroatoms. The van der Waals surface area contributed by atoms with E-state index in [0.29, 0.717) is 0 Å². The van der Waals surface area contributed by atoms with E-state index in [4.69, 9.17) is 10.5 Å². The Kier molecular flexibility index (Phi) is 2.47. The number of nitrogens with two attached hydrogens (primary N) is 1. The van der Waals surface area contributed by atoms with E-state index in [0.717, 1.165) is 12.2 Å². The Labute approximate surface area is 91.4 Å². The predicted octanol–water partition coefficient (Wildman–Crippen LogP) is 2.50. The fourth-order valence-electron chi connectivity index (χ4n) is 1.96. The molecule has 0 spiro atoms. The van der Waals surface area contributed by atoms with Crippen LogP contribution in [0.1, 0.15) is 25.8 Å².